The number of imidazole rings is 1. The Balaban J connectivity index is 1.42. The van der Waals surface area contributed by atoms with E-state index < -0.39 is 0 Å². The Bertz CT molecular complexity index is 1220. The molecule has 30 heavy (non-hydrogen) atoms. The minimum absolute atomic E-state index is 0.206. The van der Waals surface area contributed by atoms with Crippen LogP contribution in [0.2, 0.25) is 0 Å². The Kier molecular flexibility index (Phi) is 5.49. The zero-order valence-corrected chi connectivity index (χ0v) is 17.3. The van der Waals surface area contributed by atoms with Crippen LogP contribution in [0.25, 0.3) is 5.69 Å². The number of H-pyrrole nitrogens is 1. The fourth-order valence-corrected chi connectivity index (χ4v) is 3.26. The van der Waals surface area contributed by atoms with Gasteiger partial charge in [-0.2, -0.15) is 0 Å². The summed E-state index contributed by atoms with van der Waals surface area (Å²) in [6.45, 7) is 4.09. The average molecular weight is 420 g/mol. The van der Waals surface area contributed by atoms with Crippen LogP contribution >= 0.6 is 12.2 Å². The van der Waals surface area contributed by atoms with Crippen molar-refractivity contribution in [2.24, 2.45) is 0 Å². The molecule has 2 aromatic heterocycles. The number of carbonyl (C=O) groups excluding carboxylic acids is 1. The van der Waals surface area contributed by atoms with Crippen LogP contribution in [0.4, 0.5) is 5.69 Å². The molecule has 0 aliphatic carbocycles. The second-order valence-corrected chi connectivity index (χ2v) is 7.14. The maximum Gasteiger partial charge on any atom is 0.255 e. The number of aryl methyl sites for hydroxylation is 2. The summed E-state index contributed by atoms with van der Waals surface area (Å²) in [5, 5.41) is 6.83. The lowest BCUT2D eigenvalue weighted by Gasteiger charge is -2.09. The minimum atomic E-state index is -0.206. The summed E-state index contributed by atoms with van der Waals surface area (Å²) < 4.78 is 13.3. The number of aromatic amines is 1. The summed E-state index contributed by atoms with van der Waals surface area (Å²) >= 11 is 5.25. The number of amides is 1. The molecular weight excluding hydrogens is 400 g/mol. The third-order valence-corrected chi connectivity index (χ3v) is 5.03. The molecule has 0 saturated heterocycles. The number of ether oxygens (including phenoxy) is 1. The van der Waals surface area contributed by atoms with Crippen molar-refractivity contribution < 1.29 is 14.1 Å². The van der Waals surface area contributed by atoms with Gasteiger partial charge < -0.3 is 19.6 Å². The fraction of sp³-hybridized carbons (Fsp3) is 0.136. The third kappa shape index (κ3) is 4.18. The van der Waals surface area contributed by atoms with Gasteiger partial charge in [0.05, 0.1) is 11.3 Å². The maximum atomic E-state index is 12.6. The van der Waals surface area contributed by atoms with Crippen molar-refractivity contribution in [3.8, 4) is 11.4 Å². The first-order chi connectivity index (χ1) is 14.5. The number of nitrogens with one attached hydrogen (secondary N) is 2. The van der Waals surface area contributed by atoms with Crippen LogP contribution < -0.4 is 10.1 Å². The molecule has 0 saturated carbocycles. The van der Waals surface area contributed by atoms with Gasteiger partial charge in [0.2, 0.25) is 0 Å². The van der Waals surface area contributed by atoms with Crippen molar-refractivity contribution in [1.29, 1.82) is 0 Å². The molecule has 0 fully saturated rings. The maximum absolute atomic E-state index is 12.6. The molecule has 0 spiro atoms. The lowest BCUT2D eigenvalue weighted by atomic mass is 10.2. The first-order valence-corrected chi connectivity index (χ1v) is 9.74. The number of benzene rings is 2. The van der Waals surface area contributed by atoms with E-state index >= 15 is 0 Å². The first-order valence-electron chi connectivity index (χ1n) is 9.34. The number of aromatic nitrogens is 3. The van der Waals surface area contributed by atoms with Crippen LogP contribution in [0.3, 0.4) is 0 Å². The summed E-state index contributed by atoms with van der Waals surface area (Å²) in [6, 6.07) is 14.5. The van der Waals surface area contributed by atoms with E-state index in [9.17, 15) is 4.79 Å². The highest BCUT2D eigenvalue weighted by Gasteiger charge is 2.11. The van der Waals surface area contributed by atoms with E-state index in [0.29, 0.717) is 28.4 Å². The van der Waals surface area contributed by atoms with Gasteiger partial charge in [0, 0.05) is 29.3 Å². The Morgan fingerprint density at radius 3 is 2.70 bits per heavy atom. The molecule has 2 heterocycles. The number of rotatable bonds is 6. The van der Waals surface area contributed by atoms with Crippen molar-refractivity contribution in [1.82, 2.24) is 14.7 Å². The largest absolute Gasteiger partial charge is 0.489 e. The van der Waals surface area contributed by atoms with E-state index in [4.69, 9.17) is 21.5 Å². The molecule has 0 unspecified atom stereocenters. The van der Waals surface area contributed by atoms with Gasteiger partial charge in [-0.3, -0.25) is 9.36 Å². The van der Waals surface area contributed by atoms with Crippen LogP contribution in [-0.4, -0.2) is 20.6 Å². The highest BCUT2D eigenvalue weighted by atomic mass is 32.1. The van der Waals surface area contributed by atoms with E-state index in [2.05, 4.69) is 15.5 Å². The van der Waals surface area contributed by atoms with Crippen LogP contribution in [0.15, 0.2) is 65.4 Å². The standard InChI is InChI=1S/C22H20N4O3S/c1-14-20(15(2)29-25-14)13-28-19-8-6-16(7-9-19)21(27)24-17-4-3-5-18(12-17)26-11-10-23-22(26)30/h3-12H,13H2,1-2H3,(H,23,30)(H,24,27). The van der Waals surface area contributed by atoms with Gasteiger partial charge in [0.1, 0.15) is 18.1 Å². The lowest BCUT2D eigenvalue weighted by Crippen LogP contribution is -2.12. The summed E-state index contributed by atoms with van der Waals surface area (Å²) in [6.07, 6.45) is 3.60. The molecule has 4 rings (SSSR count). The fourth-order valence-electron chi connectivity index (χ4n) is 3.03. The smallest absolute Gasteiger partial charge is 0.255 e. The summed E-state index contributed by atoms with van der Waals surface area (Å²) in [5.41, 5.74) is 3.82. The number of hydrogen-bond donors (Lipinski definition) is 2. The van der Waals surface area contributed by atoms with E-state index in [1.807, 2.05) is 48.9 Å². The molecule has 0 aliphatic rings. The van der Waals surface area contributed by atoms with Crippen LogP contribution in [0.1, 0.15) is 27.4 Å². The highest BCUT2D eigenvalue weighted by Crippen LogP contribution is 2.19. The predicted molar refractivity (Wildman–Crippen MR) is 116 cm³/mol. The Morgan fingerprint density at radius 1 is 1.23 bits per heavy atom. The van der Waals surface area contributed by atoms with Crippen LogP contribution in [-0.2, 0) is 6.61 Å². The zero-order chi connectivity index (χ0) is 21.1. The van der Waals surface area contributed by atoms with Gasteiger partial charge in [0.25, 0.3) is 5.91 Å². The second-order valence-electron chi connectivity index (χ2n) is 6.76. The normalized spacial score (nSPS) is 10.7. The molecule has 0 atom stereocenters. The molecule has 8 heteroatoms. The molecule has 2 N–H and O–H groups in total. The molecule has 7 nitrogen and oxygen atoms in total. The first kappa shape index (κ1) is 19.7. The van der Waals surface area contributed by atoms with Gasteiger partial charge in [-0.1, -0.05) is 11.2 Å². The molecule has 4 aromatic rings. The van der Waals surface area contributed by atoms with Crippen LogP contribution in [0.5, 0.6) is 5.75 Å². The summed E-state index contributed by atoms with van der Waals surface area (Å²) in [5.74, 6) is 1.20. The van der Waals surface area contributed by atoms with Crippen molar-refractivity contribution in [3.63, 3.8) is 0 Å². The number of hydrogen-bond acceptors (Lipinski definition) is 5. The molecule has 0 radical (unpaired) electrons. The molecular formula is C22H20N4O3S. The zero-order valence-electron chi connectivity index (χ0n) is 16.5. The quantitative estimate of drug-likeness (QED) is 0.430. The van der Waals surface area contributed by atoms with Crippen molar-refractivity contribution in [2.45, 2.75) is 20.5 Å². The van der Waals surface area contributed by atoms with Gasteiger partial charge in [0.15, 0.2) is 4.77 Å². The minimum Gasteiger partial charge on any atom is -0.489 e. The predicted octanol–water partition coefficient (Wildman–Crippen LogP) is 4.97. The van der Waals surface area contributed by atoms with Gasteiger partial charge in [-0.25, -0.2) is 0 Å². The molecule has 1 amide bonds. The number of anilines is 1. The number of carbonyl (C=O) groups is 1. The molecule has 2 aromatic carbocycles. The van der Waals surface area contributed by atoms with E-state index in [0.717, 1.165) is 22.7 Å². The van der Waals surface area contributed by atoms with Crippen molar-refractivity contribution in [3.05, 3.63) is 88.3 Å². The topological polar surface area (TPSA) is 85.1 Å². The highest BCUT2D eigenvalue weighted by molar-refractivity contribution is 7.71. The van der Waals surface area contributed by atoms with Gasteiger partial charge in [-0.15, -0.1) is 0 Å². The SMILES string of the molecule is Cc1noc(C)c1COc1ccc(C(=O)Nc2cccc(-n3cc[nH]c3=S)c2)cc1. The van der Waals surface area contributed by atoms with Gasteiger partial charge >= 0.3 is 0 Å². The molecule has 0 bridgehead atoms. The Hall–Kier alpha value is -3.65. The molecule has 0 aliphatic heterocycles. The number of nitrogens with zero attached hydrogens (tertiary/aromatic N) is 2. The second kappa shape index (κ2) is 8.38. The van der Waals surface area contributed by atoms with Gasteiger partial charge in [-0.05, 0) is 68.5 Å². The lowest BCUT2D eigenvalue weighted by molar-refractivity contribution is 0.102. The summed E-state index contributed by atoms with van der Waals surface area (Å²) in [4.78, 5) is 15.6. The Labute approximate surface area is 178 Å². The van der Waals surface area contributed by atoms with E-state index in [1.54, 1.807) is 30.5 Å². The Morgan fingerprint density at radius 2 is 2.03 bits per heavy atom. The van der Waals surface area contributed by atoms with E-state index in [-0.39, 0.29) is 5.91 Å². The van der Waals surface area contributed by atoms with Crippen molar-refractivity contribution in [2.75, 3.05) is 5.32 Å². The van der Waals surface area contributed by atoms with Crippen LogP contribution in [0, 0.1) is 18.6 Å². The molecule has 152 valence electrons. The van der Waals surface area contributed by atoms with Crippen molar-refractivity contribution >= 4 is 23.8 Å². The average Bonchev–Trinajstić information content (AvgIpc) is 3.32. The summed E-state index contributed by atoms with van der Waals surface area (Å²) in [7, 11) is 0. The third-order valence-electron chi connectivity index (χ3n) is 4.71. The van der Waals surface area contributed by atoms with E-state index in [1.165, 1.54) is 0 Å². The monoisotopic (exact) mass is 420 g/mol.